The molecule has 30 heavy (non-hydrogen) atoms. The summed E-state index contributed by atoms with van der Waals surface area (Å²) in [7, 11) is 0. The molecule has 0 aromatic carbocycles. The van der Waals surface area contributed by atoms with Crippen molar-refractivity contribution in [1.29, 1.82) is 0 Å². The second kappa shape index (κ2) is 14.4. The quantitative estimate of drug-likeness (QED) is 0.185. The van der Waals surface area contributed by atoms with Gasteiger partial charge in [0, 0.05) is 24.0 Å². The Bertz CT molecular complexity index is 552. The van der Waals surface area contributed by atoms with Crippen LogP contribution in [0.1, 0.15) is 32.1 Å². The Morgan fingerprint density at radius 1 is 1.00 bits per heavy atom. The molecule has 3 amide bonds. The number of carbonyl (C=O) groups is 3. The van der Waals surface area contributed by atoms with Gasteiger partial charge in [-0.2, -0.15) is 11.8 Å². The molecule has 0 aromatic rings. The first-order valence-electron chi connectivity index (χ1n) is 10.5. The molecule has 0 bridgehead atoms. The van der Waals surface area contributed by atoms with Crippen LogP contribution in [0.3, 0.4) is 0 Å². The molecule has 0 spiro atoms. The summed E-state index contributed by atoms with van der Waals surface area (Å²) in [6.07, 6.45) is 3.31. The van der Waals surface area contributed by atoms with Crippen LogP contribution in [0.2, 0.25) is 0 Å². The Morgan fingerprint density at radius 2 is 1.70 bits per heavy atom. The van der Waals surface area contributed by atoms with Crippen LogP contribution in [0, 0.1) is 0 Å². The first-order valence-corrected chi connectivity index (χ1v) is 11.5. The molecule has 2 aliphatic heterocycles. The number of carboxylic acid groups (broad SMARTS) is 1. The highest BCUT2D eigenvalue weighted by Crippen LogP contribution is 2.33. The molecular weight excluding hydrogens is 414 g/mol. The van der Waals surface area contributed by atoms with Crippen molar-refractivity contribution in [3.8, 4) is 0 Å². The van der Waals surface area contributed by atoms with E-state index in [1.807, 2.05) is 11.8 Å². The van der Waals surface area contributed by atoms with Crippen molar-refractivity contribution in [2.75, 3.05) is 51.9 Å². The van der Waals surface area contributed by atoms with Gasteiger partial charge in [-0.3, -0.25) is 9.59 Å². The van der Waals surface area contributed by atoms with Gasteiger partial charge in [0.2, 0.25) is 5.91 Å². The van der Waals surface area contributed by atoms with Crippen molar-refractivity contribution >= 4 is 29.7 Å². The van der Waals surface area contributed by atoms with Gasteiger partial charge >= 0.3 is 12.0 Å². The topological polar surface area (TPSA) is 135 Å². The van der Waals surface area contributed by atoms with Crippen LogP contribution in [-0.4, -0.2) is 92.3 Å². The summed E-state index contributed by atoms with van der Waals surface area (Å²) in [6.45, 7) is 2.69. The minimum Gasteiger partial charge on any atom is -0.481 e. The van der Waals surface area contributed by atoms with Crippen molar-refractivity contribution in [2.45, 2.75) is 49.4 Å². The molecule has 172 valence electrons. The second-order valence-electron chi connectivity index (χ2n) is 7.20. The number of ether oxygens (including phenoxy) is 3. The summed E-state index contributed by atoms with van der Waals surface area (Å²) >= 11 is 1.89. The first-order chi connectivity index (χ1) is 14.6. The average molecular weight is 448 g/mol. The smallest absolute Gasteiger partial charge is 0.315 e. The minimum atomic E-state index is -0.879. The number of amides is 3. The molecule has 0 aromatic heterocycles. The molecule has 3 atom stereocenters. The number of unbranched alkanes of at least 4 members (excludes halogenated alkanes) is 1. The van der Waals surface area contributed by atoms with Gasteiger partial charge in [-0.1, -0.05) is 6.42 Å². The van der Waals surface area contributed by atoms with Crippen LogP contribution in [0.15, 0.2) is 0 Å². The molecule has 0 aliphatic carbocycles. The lowest BCUT2D eigenvalue weighted by Crippen LogP contribution is -2.36. The van der Waals surface area contributed by atoms with Gasteiger partial charge in [-0.25, -0.2) is 4.79 Å². The maximum absolute atomic E-state index is 11.9. The molecule has 4 N–H and O–H groups in total. The van der Waals surface area contributed by atoms with E-state index in [-0.39, 0.29) is 37.0 Å². The highest BCUT2D eigenvalue weighted by Gasteiger charge is 2.42. The second-order valence-corrected chi connectivity index (χ2v) is 8.47. The van der Waals surface area contributed by atoms with Crippen LogP contribution in [-0.2, 0) is 23.8 Å². The predicted octanol–water partition coefficient (Wildman–Crippen LogP) is 0.353. The van der Waals surface area contributed by atoms with Crippen molar-refractivity contribution in [1.82, 2.24) is 16.0 Å². The number of hydrogen-bond acceptors (Lipinski definition) is 7. The number of aliphatic carboxylic acids is 1. The van der Waals surface area contributed by atoms with Gasteiger partial charge in [0.25, 0.3) is 0 Å². The Hall–Kier alpha value is -1.56. The highest BCUT2D eigenvalue weighted by atomic mass is 32.2. The molecule has 10 nitrogen and oxygen atoms in total. The van der Waals surface area contributed by atoms with E-state index in [4.69, 9.17) is 19.3 Å². The Labute approximate surface area is 181 Å². The van der Waals surface area contributed by atoms with E-state index in [0.29, 0.717) is 51.2 Å². The van der Waals surface area contributed by atoms with Crippen LogP contribution >= 0.6 is 11.8 Å². The average Bonchev–Trinajstić information content (AvgIpc) is 3.25. The zero-order chi connectivity index (χ0) is 21.6. The number of nitrogens with one attached hydrogen (secondary N) is 3. The Kier molecular flexibility index (Phi) is 11.9. The van der Waals surface area contributed by atoms with E-state index >= 15 is 0 Å². The predicted molar refractivity (Wildman–Crippen MR) is 112 cm³/mol. The van der Waals surface area contributed by atoms with Crippen molar-refractivity contribution in [3.05, 3.63) is 0 Å². The largest absolute Gasteiger partial charge is 0.481 e. The molecule has 2 saturated heterocycles. The Morgan fingerprint density at radius 3 is 2.43 bits per heavy atom. The molecule has 0 saturated carbocycles. The van der Waals surface area contributed by atoms with Crippen LogP contribution in [0.4, 0.5) is 4.79 Å². The third kappa shape index (κ3) is 9.96. The summed E-state index contributed by atoms with van der Waals surface area (Å²) < 4.78 is 15.8. The van der Waals surface area contributed by atoms with Gasteiger partial charge < -0.3 is 35.3 Å². The van der Waals surface area contributed by atoms with Gasteiger partial charge in [-0.05, 0) is 12.8 Å². The molecule has 0 radical (unpaired) electrons. The van der Waals surface area contributed by atoms with Gasteiger partial charge in [-0.15, -0.1) is 0 Å². The summed E-state index contributed by atoms with van der Waals surface area (Å²) in [5.41, 5.74) is 0. The monoisotopic (exact) mass is 447 g/mol. The molecule has 11 heteroatoms. The van der Waals surface area contributed by atoms with Crippen molar-refractivity contribution < 1.29 is 33.7 Å². The SMILES string of the molecule is O=C(O)CCOCCOCCOCCNC(=O)CCCC[C@H]1SC[C@@H]2NC(=O)N[C@H]21. The molecule has 2 rings (SSSR count). The van der Waals surface area contributed by atoms with E-state index < -0.39 is 5.97 Å². The molecule has 2 fully saturated rings. The van der Waals surface area contributed by atoms with Gasteiger partial charge in [0.1, 0.15) is 0 Å². The van der Waals surface area contributed by atoms with E-state index in [9.17, 15) is 14.4 Å². The Balaban J connectivity index is 1.32. The number of carbonyl (C=O) groups excluding carboxylic acids is 2. The molecule has 0 unspecified atom stereocenters. The number of rotatable bonds is 17. The van der Waals surface area contributed by atoms with Crippen molar-refractivity contribution in [3.63, 3.8) is 0 Å². The lowest BCUT2D eigenvalue weighted by atomic mass is 10.0. The fraction of sp³-hybridized carbons (Fsp3) is 0.842. The summed E-state index contributed by atoms with van der Waals surface area (Å²) in [5, 5.41) is 17.6. The van der Waals surface area contributed by atoms with E-state index in [2.05, 4.69) is 16.0 Å². The number of fused-ring (bicyclic) bond motifs is 1. The fourth-order valence-electron chi connectivity index (χ4n) is 3.33. The maximum atomic E-state index is 11.9. The molecule has 2 heterocycles. The minimum absolute atomic E-state index is 0.00728. The van der Waals surface area contributed by atoms with E-state index in [1.54, 1.807) is 0 Å². The van der Waals surface area contributed by atoms with Crippen molar-refractivity contribution in [2.24, 2.45) is 0 Å². The summed E-state index contributed by atoms with van der Waals surface area (Å²) in [6, 6.07) is 0.408. The zero-order valence-corrected chi connectivity index (χ0v) is 18.0. The van der Waals surface area contributed by atoms with Gasteiger partial charge in [0.05, 0.1) is 58.1 Å². The third-order valence-corrected chi connectivity index (χ3v) is 6.36. The highest BCUT2D eigenvalue weighted by molar-refractivity contribution is 8.00. The van der Waals surface area contributed by atoms with Crippen LogP contribution in [0.25, 0.3) is 0 Å². The standard InChI is InChI=1S/C19H33N3O7S/c23-16(4-2-1-3-15-18-14(13-30-15)21-19(26)22-18)20-6-8-28-10-12-29-11-9-27-7-5-17(24)25/h14-15,18H,1-13H2,(H,20,23)(H,24,25)(H2,21,22,26)/t14-,15+,18+/m0/s1. The zero-order valence-electron chi connectivity index (χ0n) is 17.2. The summed E-state index contributed by atoms with van der Waals surface area (Å²) in [5.74, 6) is 0.108. The molecular formula is C19H33N3O7S. The fourth-order valence-corrected chi connectivity index (χ4v) is 4.87. The third-order valence-electron chi connectivity index (χ3n) is 4.85. The molecule has 2 aliphatic rings. The lowest BCUT2D eigenvalue weighted by molar-refractivity contribution is -0.138. The number of hydrogen-bond donors (Lipinski definition) is 4. The van der Waals surface area contributed by atoms with Gasteiger partial charge in [0.15, 0.2) is 0 Å². The number of carboxylic acids is 1. The lowest BCUT2D eigenvalue weighted by Gasteiger charge is -2.16. The normalized spacial score (nSPS) is 22.4. The first kappa shape index (κ1) is 24.7. The van der Waals surface area contributed by atoms with Crippen LogP contribution < -0.4 is 16.0 Å². The van der Waals surface area contributed by atoms with E-state index in [0.717, 1.165) is 25.0 Å². The summed E-state index contributed by atoms with van der Waals surface area (Å²) in [4.78, 5) is 33.5. The maximum Gasteiger partial charge on any atom is 0.315 e. The number of thioether (sulfide) groups is 1. The number of urea groups is 1. The van der Waals surface area contributed by atoms with E-state index in [1.165, 1.54) is 0 Å². The van der Waals surface area contributed by atoms with Crippen LogP contribution in [0.5, 0.6) is 0 Å².